The average Bonchev–Trinajstić information content (AvgIpc) is 2.24. The molecule has 19 heavy (non-hydrogen) atoms. The van der Waals surface area contributed by atoms with E-state index < -0.39 is 23.0 Å². The molecule has 0 aromatic heterocycles. The molecule has 0 saturated heterocycles. The van der Waals surface area contributed by atoms with Gasteiger partial charge in [0.2, 0.25) is 0 Å². The molecule has 4 bridgehead atoms. The Balaban J connectivity index is 1.80. The quantitative estimate of drug-likeness (QED) is 0.738. The fraction of sp³-hybridized carbons (Fsp3) is 0.857. The first kappa shape index (κ1) is 12.9. The Hall–Kier alpha value is -1.10. The largest absolute Gasteiger partial charge is 0.452 e. The molecule has 4 rings (SSSR count). The van der Waals surface area contributed by atoms with Crippen LogP contribution in [-0.2, 0) is 14.3 Å². The minimum Gasteiger partial charge on any atom is -0.452 e. The second-order valence-electron chi connectivity index (χ2n) is 6.92. The van der Waals surface area contributed by atoms with Crippen LogP contribution < -0.4 is 5.73 Å². The van der Waals surface area contributed by atoms with Gasteiger partial charge in [0.1, 0.15) is 0 Å². The maximum atomic E-state index is 12.4. The molecule has 4 saturated carbocycles. The van der Waals surface area contributed by atoms with E-state index in [-0.39, 0.29) is 5.97 Å². The smallest absolute Gasteiger partial charge is 0.312 e. The van der Waals surface area contributed by atoms with Crippen molar-refractivity contribution in [3.05, 3.63) is 0 Å². The van der Waals surface area contributed by atoms with Crippen molar-refractivity contribution in [2.75, 3.05) is 0 Å². The molecule has 0 aromatic rings. The molecule has 5 atom stereocenters. The highest BCUT2D eigenvalue weighted by Crippen LogP contribution is 2.62. The minimum atomic E-state index is -0.893. The van der Waals surface area contributed by atoms with E-state index in [1.54, 1.807) is 0 Å². The Morgan fingerprint density at radius 3 is 2.32 bits per heavy atom. The predicted octanol–water partition coefficient (Wildman–Crippen LogP) is 0.735. The summed E-state index contributed by atoms with van der Waals surface area (Å²) in [5, 5.41) is 10.6. The molecule has 0 spiro atoms. The summed E-state index contributed by atoms with van der Waals surface area (Å²) < 4.78 is 5.22. The first-order valence-corrected chi connectivity index (χ1v) is 7.05. The van der Waals surface area contributed by atoms with Crippen LogP contribution in [0.25, 0.3) is 0 Å². The van der Waals surface area contributed by atoms with Crippen molar-refractivity contribution >= 4 is 11.9 Å². The number of primary amides is 1. The topological polar surface area (TPSA) is 89.6 Å². The highest BCUT2D eigenvalue weighted by atomic mass is 16.5. The molecule has 5 heteroatoms. The second-order valence-corrected chi connectivity index (χ2v) is 6.92. The Labute approximate surface area is 112 Å². The number of nitrogens with two attached hydrogens (primary N) is 1. The van der Waals surface area contributed by atoms with E-state index in [1.807, 2.05) is 0 Å². The van der Waals surface area contributed by atoms with Gasteiger partial charge in [0.15, 0.2) is 6.10 Å². The van der Waals surface area contributed by atoms with Crippen molar-refractivity contribution in [2.24, 2.45) is 23.0 Å². The van der Waals surface area contributed by atoms with E-state index in [4.69, 9.17) is 10.5 Å². The summed E-state index contributed by atoms with van der Waals surface area (Å²) in [6, 6.07) is 0. The van der Waals surface area contributed by atoms with E-state index in [0.29, 0.717) is 18.3 Å². The fourth-order valence-electron chi connectivity index (χ4n) is 4.80. The number of hydrogen-bond donors (Lipinski definition) is 2. The summed E-state index contributed by atoms with van der Waals surface area (Å²) in [7, 11) is 0. The van der Waals surface area contributed by atoms with Gasteiger partial charge in [-0.3, -0.25) is 9.59 Å². The van der Waals surface area contributed by atoms with Crippen molar-refractivity contribution in [2.45, 2.75) is 57.2 Å². The van der Waals surface area contributed by atoms with Gasteiger partial charge < -0.3 is 15.6 Å². The van der Waals surface area contributed by atoms with Crippen LogP contribution in [0.5, 0.6) is 0 Å². The Morgan fingerprint density at radius 1 is 1.26 bits per heavy atom. The van der Waals surface area contributed by atoms with Gasteiger partial charge in [0.05, 0.1) is 11.0 Å². The molecule has 0 heterocycles. The number of aliphatic hydroxyl groups is 1. The molecule has 106 valence electrons. The third-order valence-electron chi connectivity index (χ3n) is 5.15. The number of esters is 1. The lowest BCUT2D eigenvalue weighted by molar-refractivity contribution is -0.199. The molecule has 4 fully saturated rings. The summed E-state index contributed by atoms with van der Waals surface area (Å²) in [5.41, 5.74) is 3.86. The van der Waals surface area contributed by atoms with Crippen LogP contribution in [0.2, 0.25) is 0 Å². The highest BCUT2D eigenvalue weighted by Gasteiger charge is 2.61. The van der Waals surface area contributed by atoms with Crippen molar-refractivity contribution in [1.29, 1.82) is 0 Å². The molecule has 4 aliphatic rings. The zero-order chi connectivity index (χ0) is 13.8. The molecule has 2 unspecified atom stereocenters. The van der Waals surface area contributed by atoms with Crippen LogP contribution in [0.15, 0.2) is 0 Å². The third kappa shape index (κ3) is 2.04. The van der Waals surface area contributed by atoms with E-state index in [0.717, 1.165) is 32.1 Å². The lowest BCUT2D eigenvalue weighted by Gasteiger charge is -2.58. The van der Waals surface area contributed by atoms with Crippen molar-refractivity contribution in [1.82, 2.24) is 0 Å². The monoisotopic (exact) mass is 267 g/mol. The Bertz CT molecular complexity index is 419. The van der Waals surface area contributed by atoms with E-state index in [9.17, 15) is 14.7 Å². The summed E-state index contributed by atoms with van der Waals surface area (Å²) in [6.07, 6.45) is 3.90. The van der Waals surface area contributed by atoms with Gasteiger partial charge in [-0.05, 0) is 57.3 Å². The Morgan fingerprint density at radius 2 is 1.84 bits per heavy atom. The SMILES string of the molecule is C[C@@H](OC(=O)C12C[C@@H]3C[C@@H](CC(O)(C3)C1)C2)C(N)=O. The summed E-state index contributed by atoms with van der Waals surface area (Å²) >= 11 is 0. The van der Waals surface area contributed by atoms with Gasteiger partial charge >= 0.3 is 5.97 Å². The fourth-order valence-corrected chi connectivity index (χ4v) is 4.80. The van der Waals surface area contributed by atoms with Crippen molar-refractivity contribution < 1.29 is 19.4 Å². The first-order valence-electron chi connectivity index (χ1n) is 7.05. The number of carbonyl (C=O) groups excluding carboxylic acids is 2. The van der Waals surface area contributed by atoms with Crippen LogP contribution in [0.4, 0.5) is 0 Å². The second kappa shape index (κ2) is 3.95. The van der Waals surface area contributed by atoms with Gasteiger partial charge in [-0.15, -0.1) is 0 Å². The predicted molar refractivity (Wildman–Crippen MR) is 66.8 cm³/mol. The molecule has 5 nitrogen and oxygen atoms in total. The summed E-state index contributed by atoms with van der Waals surface area (Å²) in [5.74, 6) is -0.131. The molecule has 0 radical (unpaired) electrons. The molecule has 0 aromatic carbocycles. The molecule has 3 N–H and O–H groups in total. The summed E-state index contributed by atoms with van der Waals surface area (Å²) in [6.45, 7) is 1.50. The number of carbonyl (C=O) groups is 2. The van der Waals surface area contributed by atoms with Crippen LogP contribution in [-0.4, -0.2) is 28.7 Å². The molecule has 4 aliphatic carbocycles. The van der Waals surface area contributed by atoms with Gasteiger partial charge in [-0.2, -0.15) is 0 Å². The van der Waals surface area contributed by atoms with Gasteiger partial charge in [0.25, 0.3) is 5.91 Å². The van der Waals surface area contributed by atoms with Crippen LogP contribution >= 0.6 is 0 Å². The van der Waals surface area contributed by atoms with Gasteiger partial charge in [0, 0.05) is 0 Å². The van der Waals surface area contributed by atoms with E-state index >= 15 is 0 Å². The standard InChI is InChI=1S/C14H21NO4/c1-8(11(15)16)19-12(17)13-3-9-2-10(4-13)6-14(18,5-9)7-13/h8-10,18H,2-7H2,1H3,(H2,15,16)/t8-,9-,10+,13?,14?/m1/s1. The van der Waals surface area contributed by atoms with Crippen LogP contribution in [0, 0.1) is 17.3 Å². The van der Waals surface area contributed by atoms with Crippen molar-refractivity contribution in [3.8, 4) is 0 Å². The lowest BCUT2D eigenvalue weighted by atomic mass is 9.48. The normalized spacial score (nSPS) is 44.9. The van der Waals surface area contributed by atoms with E-state index in [1.165, 1.54) is 6.92 Å². The zero-order valence-electron chi connectivity index (χ0n) is 11.2. The minimum absolute atomic E-state index is 0.341. The number of amides is 1. The molecule has 1 amide bonds. The maximum absolute atomic E-state index is 12.4. The molecular formula is C14H21NO4. The Kier molecular flexibility index (Phi) is 2.68. The highest BCUT2D eigenvalue weighted by molar-refractivity contribution is 5.84. The first-order chi connectivity index (χ1) is 8.82. The third-order valence-corrected chi connectivity index (χ3v) is 5.15. The van der Waals surface area contributed by atoms with Gasteiger partial charge in [-0.25, -0.2) is 0 Å². The van der Waals surface area contributed by atoms with Gasteiger partial charge in [-0.1, -0.05) is 0 Å². The van der Waals surface area contributed by atoms with Crippen LogP contribution in [0.3, 0.4) is 0 Å². The summed E-state index contributed by atoms with van der Waals surface area (Å²) in [4.78, 5) is 23.4. The maximum Gasteiger partial charge on any atom is 0.312 e. The number of rotatable bonds is 3. The average molecular weight is 267 g/mol. The number of ether oxygens (including phenoxy) is 1. The van der Waals surface area contributed by atoms with Crippen LogP contribution in [0.1, 0.15) is 45.4 Å². The zero-order valence-corrected chi connectivity index (χ0v) is 11.2. The lowest BCUT2D eigenvalue weighted by Crippen LogP contribution is -2.59. The number of hydrogen-bond acceptors (Lipinski definition) is 4. The molecular weight excluding hydrogens is 246 g/mol. The van der Waals surface area contributed by atoms with Crippen molar-refractivity contribution in [3.63, 3.8) is 0 Å². The molecule has 0 aliphatic heterocycles. The van der Waals surface area contributed by atoms with E-state index in [2.05, 4.69) is 0 Å².